The predicted molar refractivity (Wildman–Crippen MR) is 155 cm³/mol. The fourth-order valence-corrected chi connectivity index (χ4v) is 4.83. The summed E-state index contributed by atoms with van der Waals surface area (Å²) in [5.41, 5.74) is 8.28. The number of hydrogen-bond donors (Lipinski definition) is 4. The van der Waals surface area contributed by atoms with Crippen molar-refractivity contribution in [3.8, 4) is 5.75 Å². The van der Waals surface area contributed by atoms with Gasteiger partial charge in [-0.05, 0) is 96.7 Å². The molecule has 0 heterocycles. The van der Waals surface area contributed by atoms with Crippen molar-refractivity contribution in [2.75, 3.05) is 16.4 Å². The zero-order valence-electron chi connectivity index (χ0n) is 20.5. The first-order valence-corrected chi connectivity index (χ1v) is 13.3. The fraction of sp³-hybridized carbons (Fsp3) is 0.179. The number of carbonyl (C=O) groups excluding carboxylic acids is 3. The summed E-state index contributed by atoms with van der Waals surface area (Å²) in [6, 6.07) is 16.8. The maximum absolute atomic E-state index is 12.7. The molecular formula is C28H27Br2N3O5. The van der Waals surface area contributed by atoms with Crippen molar-refractivity contribution in [2.45, 2.75) is 32.3 Å². The zero-order valence-corrected chi connectivity index (χ0v) is 23.7. The lowest BCUT2D eigenvalue weighted by molar-refractivity contribution is -0.111. The SMILES string of the molecule is CC(=O)c1ccc(NC(=O)O[C@H](CCC/C=C/C(=O)Nc2ccccc2N)c2cc(Br)cc(Br)c2O)cc1. The number of amides is 2. The van der Waals surface area contributed by atoms with Gasteiger partial charge in [-0.2, -0.15) is 0 Å². The number of benzene rings is 3. The van der Waals surface area contributed by atoms with Crippen LogP contribution in [-0.2, 0) is 9.53 Å². The number of unbranched alkanes of at least 4 members (excludes halogenated alkanes) is 1. The number of phenolic OH excluding ortho intramolecular Hbond substituents is 1. The van der Waals surface area contributed by atoms with Gasteiger partial charge >= 0.3 is 6.09 Å². The highest BCUT2D eigenvalue weighted by molar-refractivity contribution is 9.11. The molecular weight excluding hydrogens is 618 g/mol. The van der Waals surface area contributed by atoms with Crippen molar-refractivity contribution in [1.82, 2.24) is 0 Å². The number of halogens is 2. The average molecular weight is 645 g/mol. The van der Waals surface area contributed by atoms with Crippen molar-refractivity contribution in [3.63, 3.8) is 0 Å². The number of aromatic hydroxyl groups is 1. The van der Waals surface area contributed by atoms with Gasteiger partial charge in [-0.15, -0.1) is 0 Å². The van der Waals surface area contributed by atoms with Gasteiger partial charge in [-0.3, -0.25) is 14.9 Å². The predicted octanol–water partition coefficient (Wildman–Crippen LogP) is 7.36. The monoisotopic (exact) mass is 643 g/mol. The number of nitrogen functional groups attached to an aromatic ring is 1. The second kappa shape index (κ2) is 13.8. The topological polar surface area (TPSA) is 131 Å². The first kappa shape index (κ1) is 28.9. The molecule has 0 aliphatic heterocycles. The molecule has 8 nitrogen and oxygen atoms in total. The number of para-hydroxylation sites is 2. The van der Waals surface area contributed by atoms with Gasteiger partial charge in [-0.1, -0.05) is 34.1 Å². The van der Waals surface area contributed by atoms with E-state index in [2.05, 4.69) is 42.5 Å². The highest BCUT2D eigenvalue weighted by Gasteiger charge is 2.22. The molecule has 10 heteroatoms. The number of ketones is 1. The summed E-state index contributed by atoms with van der Waals surface area (Å²) in [5.74, 6) is -0.419. The largest absolute Gasteiger partial charge is 0.506 e. The number of nitrogens with two attached hydrogens (primary N) is 1. The Morgan fingerprint density at radius 3 is 2.45 bits per heavy atom. The van der Waals surface area contributed by atoms with E-state index in [1.54, 1.807) is 66.7 Å². The molecule has 3 rings (SSSR count). The fourth-order valence-electron chi connectivity index (χ4n) is 3.57. The minimum absolute atomic E-state index is 0.0350. The van der Waals surface area contributed by atoms with Crippen LogP contribution in [0.4, 0.5) is 21.9 Å². The van der Waals surface area contributed by atoms with E-state index in [1.165, 1.54) is 13.0 Å². The number of Topliss-reactive ketones (excluding diaryl/α,β-unsaturated/α-hetero) is 1. The van der Waals surface area contributed by atoms with Crippen LogP contribution >= 0.6 is 31.9 Å². The molecule has 0 aromatic heterocycles. The summed E-state index contributed by atoms with van der Waals surface area (Å²) in [4.78, 5) is 36.4. The van der Waals surface area contributed by atoms with Gasteiger partial charge in [0.05, 0.1) is 15.8 Å². The van der Waals surface area contributed by atoms with Crippen molar-refractivity contribution >= 4 is 66.7 Å². The normalized spacial score (nSPS) is 11.7. The van der Waals surface area contributed by atoms with Crippen LogP contribution in [0.2, 0.25) is 0 Å². The van der Waals surface area contributed by atoms with Crippen LogP contribution < -0.4 is 16.4 Å². The maximum Gasteiger partial charge on any atom is 0.412 e. The molecule has 38 heavy (non-hydrogen) atoms. The zero-order chi connectivity index (χ0) is 27.7. The Hall–Kier alpha value is -3.63. The molecule has 3 aromatic carbocycles. The van der Waals surface area contributed by atoms with Crippen molar-refractivity contribution < 1.29 is 24.2 Å². The van der Waals surface area contributed by atoms with E-state index in [1.807, 2.05) is 0 Å². The highest BCUT2D eigenvalue weighted by atomic mass is 79.9. The second-order valence-corrected chi connectivity index (χ2v) is 10.2. The van der Waals surface area contributed by atoms with E-state index in [-0.39, 0.29) is 17.4 Å². The summed E-state index contributed by atoms with van der Waals surface area (Å²) in [6.45, 7) is 1.46. The van der Waals surface area contributed by atoms with Crippen LogP contribution in [0.3, 0.4) is 0 Å². The molecule has 0 saturated carbocycles. The number of anilines is 3. The lowest BCUT2D eigenvalue weighted by Gasteiger charge is -2.20. The van der Waals surface area contributed by atoms with Gasteiger partial charge in [0, 0.05) is 21.3 Å². The molecule has 0 spiro atoms. The molecule has 1 atom stereocenters. The van der Waals surface area contributed by atoms with E-state index in [0.717, 1.165) is 0 Å². The highest BCUT2D eigenvalue weighted by Crippen LogP contribution is 2.38. The minimum atomic E-state index is -0.772. The number of allylic oxidation sites excluding steroid dienone is 1. The van der Waals surface area contributed by atoms with Crippen molar-refractivity contribution in [3.05, 3.63) is 92.9 Å². The molecule has 0 radical (unpaired) electrons. The van der Waals surface area contributed by atoms with Gasteiger partial charge < -0.3 is 20.9 Å². The lowest BCUT2D eigenvalue weighted by Crippen LogP contribution is -2.18. The van der Waals surface area contributed by atoms with Crippen LogP contribution in [0.5, 0.6) is 5.75 Å². The van der Waals surface area contributed by atoms with Gasteiger partial charge in [0.1, 0.15) is 11.9 Å². The van der Waals surface area contributed by atoms with E-state index in [4.69, 9.17) is 10.5 Å². The number of nitrogens with one attached hydrogen (secondary N) is 2. The van der Waals surface area contributed by atoms with Crippen LogP contribution in [0.25, 0.3) is 0 Å². The van der Waals surface area contributed by atoms with Crippen LogP contribution in [0.15, 0.2) is 81.8 Å². The number of hydrogen-bond acceptors (Lipinski definition) is 6. The van der Waals surface area contributed by atoms with Gasteiger partial charge in [0.25, 0.3) is 0 Å². The third-order valence-electron chi connectivity index (χ3n) is 5.52. The van der Waals surface area contributed by atoms with E-state index in [0.29, 0.717) is 56.4 Å². The van der Waals surface area contributed by atoms with Crippen LogP contribution in [0.1, 0.15) is 48.2 Å². The Morgan fingerprint density at radius 1 is 1.05 bits per heavy atom. The van der Waals surface area contributed by atoms with E-state index >= 15 is 0 Å². The third-order valence-corrected chi connectivity index (χ3v) is 6.58. The molecule has 0 fully saturated rings. The standard InChI is InChI=1S/C28H27Br2N3O5/c1-17(34)18-11-13-20(14-12-18)32-28(37)38-25(21-15-19(29)16-22(30)27(21)36)9-3-2-4-10-26(35)33-24-8-6-5-7-23(24)31/h4-8,10-16,25,36H,2-3,9,31H2,1H3,(H,32,37)(H,33,35)/b10-4+/t25-/m1/s1. The molecule has 3 aromatic rings. The maximum atomic E-state index is 12.7. The summed E-state index contributed by atoms with van der Waals surface area (Å²) >= 11 is 6.72. The van der Waals surface area contributed by atoms with Gasteiger partial charge in [0.15, 0.2) is 5.78 Å². The van der Waals surface area contributed by atoms with E-state index in [9.17, 15) is 19.5 Å². The molecule has 5 N–H and O–H groups in total. The van der Waals surface area contributed by atoms with Crippen molar-refractivity contribution in [1.29, 1.82) is 0 Å². The molecule has 0 aliphatic carbocycles. The van der Waals surface area contributed by atoms with Gasteiger partial charge in [0.2, 0.25) is 5.91 Å². The second-order valence-electron chi connectivity index (χ2n) is 8.39. The lowest BCUT2D eigenvalue weighted by atomic mass is 10.0. The summed E-state index contributed by atoms with van der Waals surface area (Å²) in [5, 5.41) is 16.0. The number of carbonyl (C=O) groups is 3. The summed E-state index contributed by atoms with van der Waals surface area (Å²) < 4.78 is 6.84. The Morgan fingerprint density at radius 2 is 1.76 bits per heavy atom. The quantitative estimate of drug-likeness (QED) is 0.0789. The number of rotatable bonds is 10. The first-order chi connectivity index (χ1) is 18.1. The molecule has 0 saturated heterocycles. The number of ether oxygens (including phenoxy) is 1. The molecule has 2 amide bonds. The Bertz CT molecular complexity index is 1340. The Labute approximate surface area is 237 Å². The van der Waals surface area contributed by atoms with Crippen LogP contribution in [-0.4, -0.2) is 22.9 Å². The Balaban J connectivity index is 1.64. The smallest absolute Gasteiger partial charge is 0.412 e. The molecule has 0 unspecified atom stereocenters. The molecule has 198 valence electrons. The molecule has 0 bridgehead atoms. The van der Waals surface area contributed by atoms with Crippen LogP contribution in [0, 0.1) is 0 Å². The Kier molecular flexibility index (Phi) is 10.5. The summed E-state index contributed by atoms with van der Waals surface area (Å²) in [7, 11) is 0. The first-order valence-electron chi connectivity index (χ1n) is 11.7. The van der Waals surface area contributed by atoms with Gasteiger partial charge in [-0.25, -0.2) is 4.79 Å². The van der Waals surface area contributed by atoms with Crippen molar-refractivity contribution in [2.24, 2.45) is 0 Å². The average Bonchev–Trinajstić information content (AvgIpc) is 2.87. The summed E-state index contributed by atoms with van der Waals surface area (Å²) in [6.07, 6.45) is 3.13. The minimum Gasteiger partial charge on any atom is -0.506 e. The third kappa shape index (κ3) is 8.46. The number of phenols is 1. The van der Waals surface area contributed by atoms with E-state index < -0.39 is 12.2 Å². The molecule has 0 aliphatic rings.